The predicted octanol–water partition coefficient (Wildman–Crippen LogP) is 3.57. The Balaban J connectivity index is 1.84. The molecule has 2 N–H and O–H groups in total. The first-order valence-corrected chi connectivity index (χ1v) is 8.75. The molecule has 28 heavy (non-hydrogen) atoms. The van der Waals surface area contributed by atoms with E-state index >= 15 is 0 Å². The number of phenols is 1. The van der Waals surface area contributed by atoms with Crippen LogP contribution in [0, 0.1) is 12.7 Å². The summed E-state index contributed by atoms with van der Waals surface area (Å²) in [5.41, 5.74) is 1.55. The molecule has 1 unspecified atom stereocenters. The van der Waals surface area contributed by atoms with Gasteiger partial charge >= 0.3 is 0 Å². The largest absolute Gasteiger partial charge is 0.508 e. The number of nitrogens with one attached hydrogen (secondary N) is 1. The number of methoxy groups -OCH3 is 1. The van der Waals surface area contributed by atoms with Gasteiger partial charge in [-0.1, -0.05) is 16.8 Å². The number of benzene rings is 2. The van der Waals surface area contributed by atoms with Gasteiger partial charge in [-0.25, -0.2) is 9.07 Å². The number of halogens is 2. The fourth-order valence-corrected chi connectivity index (χ4v) is 2.92. The van der Waals surface area contributed by atoms with E-state index in [9.17, 15) is 14.3 Å². The monoisotopic (exact) mass is 404 g/mol. The Morgan fingerprint density at radius 2 is 2.07 bits per heavy atom. The third-order valence-corrected chi connectivity index (χ3v) is 4.60. The number of hydrogen-bond acceptors (Lipinski definition) is 5. The van der Waals surface area contributed by atoms with Crippen molar-refractivity contribution in [2.45, 2.75) is 19.9 Å². The molecule has 1 atom stereocenters. The molecular weight excluding hydrogens is 387 g/mol. The normalized spacial score (nSPS) is 11.9. The number of carbonyl (C=O) groups excluding carboxylic acids is 1. The molecule has 0 saturated heterocycles. The highest BCUT2D eigenvalue weighted by Gasteiger charge is 2.21. The smallest absolute Gasteiger partial charge is 0.274 e. The molecule has 0 saturated carbocycles. The molecule has 0 aliphatic heterocycles. The molecule has 3 aromatic rings. The van der Waals surface area contributed by atoms with Gasteiger partial charge in [-0.2, -0.15) is 0 Å². The number of phenolic OH excluding ortho intramolecular Hbond substituents is 1. The van der Waals surface area contributed by atoms with E-state index < -0.39 is 17.8 Å². The second-order valence-corrected chi connectivity index (χ2v) is 6.56. The lowest BCUT2D eigenvalue weighted by Crippen LogP contribution is -2.27. The Bertz CT molecular complexity index is 1040. The van der Waals surface area contributed by atoms with Gasteiger partial charge in [0.1, 0.15) is 17.3 Å². The molecule has 0 bridgehead atoms. The fourth-order valence-electron chi connectivity index (χ4n) is 2.75. The van der Waals surface area contributed by atoms with E-state index in [-0.39, 0.29) is 16.5 Å². The second kappa shape index (κ2) is 7.85. The van der Waals surface area contributed by atoms with Crippen molar-refractivity contribution in [3.63, 3.8) is 0 Å². The molecular formula is C19H18ClFN4O3. The zero-order valence-electron chi connectivity index (χ0n) is 15.4. The van der Waals surface area contributed by atoms with Crippen LogP contribution >= 0.6 is 11.6 Å². The first kappa shape index (κ1) is 19.6. The maximum atomic E-state index is 13.4. The topological polar surface area (TPSA) is 89.3 Å². The standard InChI is InChI=1S/C19H18ClFN4O3/c1-10(14-9-13(28-3)5-7-17(14)26)22-19(27)18-11(2)25(24-23-18)12-4-6-16(21)15(20)8-12/h4-10,26H,1-3H3,(H,22,27). The summed E-state index contributed by atoms with van der Waals surface area (Å²) in [5.74, 6) is -0.418. The van der Waals surface area contributed by atoms with Crippen molar-refractivity contribution >= 4 is 17.5 Å². The highest BCUT2D eigenvalue weighted by atomic mass is 35.5. The summed E-state index contributed by atoms with van der Waals surface area (Å²) in [6.07, 6.45) is 0. The van der Waals surface area contributed by atoms with E-state index in [1.165, 1.54) is 36.1 Å². The number of ether oxygens (including phenoxy) is 1. The molecule has 9 heteroatoms. The highest BCUT2D eigenvalue weighted by molar-refractivity contribution is 6.30. The van der Waals surface area contributed by atoms with Crippen molar-refractivity contribution < 1.29 is 19.0 Å². The van der Waals surface area contributed by atoms with Crippen molar-refractivity contribution in [2.24, 2.45) is 0 Å². The van der Waals surface area contributed by atoms with Gasteiger partial charge < -0.3 is 15.2 Å². The van der Waals surface area contributed by atoms with Crippen molar-refractivity contribution in [1.82, 2.24) is 20.3 Å². The zero-order chi connectivity index (χ0) is 20.4. The van der Waals surface area contributed by atoms with Crippen molar-refractivity contribution in [3.8, 4) is 17.2 Å². The third kappa shape index (κ3) is 3.77. The van der Waals surface area contributed by atoms with Crippen LogP contribution < -0.4 is 10.1 Å². The molecule has 0 fully saturated rings. The minimum atomic E-state index is -0.548. The molecule has 1 heterocycles. The van der Waals surface area contributed by atoms with Crippen LogP contribution in [0.1, 0.15) is 34.7 Å². The first-order valence-electron chi connectivity index (χ1n) is 8.37. The van der Waals surface area contributed by atoms with Gasteiger partial charge in [0.2, 0.25) is 0 Å². The van der Waals surface area contributed by atoms with Crippen LogP contribution in [0.25, 0.3) is 5.69 Å². The molecule has 0 radical (unpaired) electrons. The van der Waals surface area contributed by atoms with Crippen LogP contribution in [0.15, 0.2) is 36.4 Å². The number of amides is 1. The van der Waals surface area contributed by atoms with Gasteiger partial charge in [0.15, 0.2) is 5.69 Å². The van der Waals surface area contributed by atoms with E-state index in [2.05, 4.69) is 15.6 Å². The van der Waals surface area contributed by atoms with E-state index in [4.69, 9.17) is 16.3 Å². The summed E-state index contributed by atoms with van der Waals surface area (Å²) in [7, 11) is 1.52. The average Bonchev–Trinajstić information content (AvgIpc) is 3.05. The maximum Gasteiger partial charge on any atom is 0.274 e. The predicted molar refractivity (Wildman–Crippen MR) is 102 cm³/mol. The second-order valence-electron chi connectivity index (χ2n) is 6.15. The third-order valence-electron chi connectivity index (χ3n) is 4.31. The van der Waals surface area contributed by atoms with E-state index in [0.29, 0.717) is 22.7 Å². The number of aromatic hydroxyl groups is 1. The van der Waals surface area contributed by atoms with E-state index in [1.54, 1.807) is 26.0 Å². The highest BCUT2D eigenvalue weighted by Crippen LogP contribution is 2.28. The molecule has 1 amide bonds. The summed E-state index contributed by atoms with van der Waals surface area (Å²) in [4.78, 5) is 12.7. The van der Waals surface area contributed by atoms with Crippen molar-refractivity contribution in [3.05, 3.63) is 64.2 Å². The summed E-state index contributed by atoms with van der Waals surface area (Å²) in [6, 6.07) is 8.36. The Morgan fingerprint density at radius 1 is 1.32 bits per heavy atom. The summed E-state index contributed by atoms with van der Waals surface area (Å²) in [5, 5.41) is 20.7. The molecule has 2 aromatic carbocycles. The number of nitrogens with zero attached hydrogens (tertiary/aromatic N) is 3. The zero-order valence-corrected chi connectivity index (χ0v) is 16.2. The number of rotatable bonds is 5. The minimum Gasteiger partial charge on any atom is -0.508 e. The Labute approximate surface area is 165 Å². The van der Waals surface area contributed by atoms with Gasteiger partial charge in [0, 0.05) is 5.56 Å². The van der Waals surface area contributed by atoms with Crippen molar-refractivity contribution in [1.29, 1.82) is 0 Å². The van der Waals surface area contributed by atoms with E-state index in [1.807, 2.05) is 0 Å². The number of aromatic nitrogens is 3. The lowest BCUT2D eigenvalue weighted by atomic mass is 10.1. The molecule has 7 nitrogen and oxygen atoms in total. The van der Waals surface area contributed by atoms with Crippen LogP contribution in [0.5, 0.6) is 11.5 Å². The number of hydrogen-bond donors (Lipinski definition) is 2. The number of carbonyl (C=O) groups is 1. The van der Waals surface area contributed by atoms with Gasteiger partial charge in [0.25, 0.3) is 5.91 Å². The molecule has 146 valence electrons. The lowest BCUT2D eigenvalue weighted by molar-refractivity contribution is 0.0933. The van der Waals surface area contributed by atoms with Gasteiger partial charge in [-0.15, -0.1) is 5.10 Å². The summed E-state index contributed by atoms with van der Waals surface area (Å²) >= 11 is 5.81. The van der Waals surface area contributed by atoms with E-state index in [0.717, 1.165) is 0 Å². The minimum absolute atomic E-state index is 0.0370. The quantitative estimate of drug-likeness (QED) is 0.678. The summed E-state index contributed by atoms with van der Waals surface area (Å²) in [6.45, 7) is 3.39. The lowest BCUT2D eigenvalue weighted by Gasteiger charge is -2.16. The Morgan fingerprint density at radius 3 is 2.75 bits per heavy atom. The van der Waals surface area contributed by atoms with Crippen LogP contribution in [-0.2, 0) is 0 Å². The SMILES string of the molecule is COc1ccc(O)c(C(C)NC(=O)c2nnn(-c3ccc(F)c(Cl)c3)c2C)c1. The van der Waals surface area contributed by atoms with Crippen LogP contribution in [0.4, 0.5) is 4.39 Å². The van der Waals surface area contributed by atoms with Gasteiger partial charge in [-0.3, -0.25) is 4.79 Å². The molecule has 0 aliphatic rings. The Kier molecular flexibility index (Phi) is 5.51. The molecule has 0 aliphatic carbocycles. The fraction of sp³-hybridized carbons (Fsp3) is 0.211. The first-order chi connectivity index (χ1) is 13.3. The Hall–Kier alpha value is -3.13. The van der Waals surface area contributed by atoms with Crippen LogP contribution in [-0.4, -0.2) is 33.1 Å². The van der Waals surface area contributed by atoms with Gasteiger partial charge in [-0.05, 0) is 50.2 Å². The maximum absolute atomic E-state index is 13.4. The molecule has 0 spiro atoms. The van der Waals surface area contributed by atoms with Gasteiger partial charge in [0.05, 0.1) is 29.6 Å². The van der Waals surface area contributed by atoms with Crippen LogP contribution in [0.2, 0.25) is 5.02 Å². The average molecular weight is 405 g/mol. The summed E-state index contributed by atoms with van der Waals surface area (Å²) < 4.78 is 19.9. The molecule has 3 rings (SSSR count). The van der Waals surface area contributed by atoms with Crippen molar-refractivity contribution in [2.75, 3.05) is 7.11 Å². The van der Waals surface area contributed by atoms with Crippen LogP contribution in [0.3, 0.4) is 0 Å². The molecule has 1 aromatic heterocycles.